The Morgan fingerprint density at radius 1 is 1.24 bits per heavy atom. The van der Waals surface area contributed by atoms with Gasteiger partial charge >= 0.3 is 0 Å². The lowest BCUT2D eigenvalue weighted by molar-refractivity contribution is -0.115. The standard InChI is InChI=1S/C15H8BrClFNO2/c16-11-2-1-8(18)5-9(11)15(21)10-3-7-4-14(20)19-13(7)6-12(10)17/h1-3,5-6H,4H2,(H,19,20). The van der Waals surface area contributed by atoms with Crippen molar-refractivity contribution < 1.29 is 14.0 Å². The van der Waals surface area contributed by atoms with Crippen molar-refractivity contribution in [1.82, 2.24) is 0 Å². The van der Waals surface area contributed by atoms with E-state index in [0.717, 1.165) is 6.07 Å². The lowest BCUT2D eigenvalue weighted by atomic mass is 10.00. The highest BCUT2D eigenvalue weighted by atomic mass is 79.9. The minimum absolute atomic E-state index is 0.141. The van der Waals surface area contributed by atoms with Gasteiger partial charge in [0.2, 0.25) is 5.91 Å². The van der Waals surface area contributed by atoms with Gasteiger partial charge in [-0.15, -0.1) is 0 Å². The number of anilines is 1. The van der Waals surface area contributed by atoms with Gasteiger partial charge in [-0.25, -0.2) is 4.39 Å². The summed E-state index contributed by atoms with van der Waals surface area (Å²) in [5.74, 6) is -1.04. The van der Waals surface area contributed by atoms with Gasteiger partial charge in [-0.05, 0) is 35.9 Å². The third kappa shape index (κ3) is 2.59. The maximum atomic E-state index is 13.3. The molecule has 1 amide bonds. The van der Waals surface area contributed by atoms with Crippen molar-refractivity contribution in [3.05, 3.63) is 62.3 Å². The molecule has 21 heavy (non-hydrogen) atoms. The van der Waals surface area contributed by atoms with Crippen molar-refractivity contribution in [1.29, 1.82) is 0 Å². The molecule has 0 atom stereocenters. The highest BCUT2D eigenvalue weighted by molar-refractivity contribution is 9.10. The number of carbonyl (C=O) groups is 2. The molecule has 0 aromatic heterocycles. The van der Waals surface area contributed by atoms with Crippen LogP contribution >= 0.6 is 27.5 Å². The zero-order valence-corrected chi connectivity index (χ0v) is 12.9. The molecule has 0 fully saturated rings. The van der Waals surface area contributed by atoms with Crippen molar-refractivity contribution in [2.24, 2.45) is 0 Å². The minimum atomic E-state index is -0.504. The number of ketones is 1. The Labute approximate surface area is 133 Å². The SMILES string of the molecule is O=C1Cc2cc(C(=O)c3cc(F)ccc3Br)c(Cl)cc2N1. The second-order valence-corrected chi connectivity index (χ2v) is 5.93. The van der Waals surface area contributed by atoms with Gasteiger partial charge in [0.25, 0.3) is 0 Å². The molecule has 106 valence electrons. The molecule has 3 nitrogen and oxygen atoms in total. The first-order chi connectivity index (χ1) is 9.95. The summed E-state index contributed by atoms with van der Waals surface area (Å²) in [4.78, 5) is 23.9. The largest absolute Gasteiger partial charge is 0.325 e. The zero-order chi connectivity index (χ0) is 15.1. The summed E-state index contributed by atoms with van der Waals surface area (Å²) in [6.45, 7) is 0. The van der Waals surface area contributed by atoms with Gasteiger partial charge in [0.1, 0.15) is 5.82 Å². The molecule has 0 radical (unpaired) electrons. The summed E-state index contributed by atoms with van der Waals surface area (Å²) >= 11 is 9.34. The minimum Gasteiger partial charge on any atom is -0.325 e. The van der Waals surface area contributed by atoms with E-state index in [0.29, 0.717) is 15.7 Å². The monoisotopic (exact) mass is 367 g/mol. The van der Waals surface area contributed by atoms with E-state index in [1.54, 1.807) is 12.1 Å². The summed E-state index contributed by atoms with van der Waals surface area (Å²) in [5.41, 5.74) is 1.76. The van der Waals surface area contributed by atoms with Crippen molar-refractivity contribution in [3.63, 3.8) is 0 Å². The van der Waals surface area contributed by atoms with Gasteiger partial charge in [0, 0.05) is 21.3 Å². The van der Waals surface area contributed by atoms with E-state index in [1.165, 1.54) is 12.1 Å². The molecule has 0 unspecified atom stereocenters. The molecule has 0 saturated carbocycles. The van der Waals surface area contributed by atoms with Gasteiger partial charge in [0.15, 0.2) is 5.78 Å². The second-order valence-electron chi connectivity index (χ2n) is 4.67. The Morgan fingerprint density at radius 2 is 2.00 bits per heavy atom. The summed E-state index contributed by atoms with van der Waals surface area (Å²) in [6, 6.07) is 7.00. The van der Waals surface area contributed by atoms with E-state index < -0.39 is 11.6 Å². The van der Waals surface area contributed by atoms with Crippen LogP contribution in [0.2, 0.25) is 5.02 Å². The first kappa shape index (κ1) is 14.2. The Bertz CT molecular complexity index is 791. The lowest BCUT2D eigenvalue weighted by Gasteiger charge is -2.08. The number of hydrogen-bond acceptors (Lipinski definition) is 2. The fourth-order valence-corrected chi connectivity index (χ4v) is 2.91. The average Bonchev–Trinajstić information content (AvgIpc) is 2.79. The molecule has 2 aromatic rings. The van der Waals surface area contributed by atoms with E-state index in [4.69, 9.17) is 11.6 Å². The molecule has 1 N–H and O–H groups in total. The predicted octanol–water partition coefficient (Wildman–Crippen LogP) is 3.97. The Balaban J connectivity index is 2.09. The van der Waals surface area contributed by atoms with Crippen LogP contribution in [0.5, 0.6) is 0 Å². The lowest BCUT2D eigenvalue weighted by Crippen LogP contribution is -2.05. The molecule has 0 bridgehead atoms. The highest BCUT2D eigenvalue weighted by Crippen LogP contribution is 2.32. The highest BCUT2D eigenvalue weighted by Gasteiger charge is 2.23. The van der Waals surface area contributed by atoms with E-state index in [9.17, 15) is 14.0 Å². The van der Waals surface area contributed by atoms with Crippen molar-refractivity contribution in [2.45, 2.75) is 6.42 Å². The molecule has 1 aliphatic rings. The van der Waals surface area contributed by atoms with E-state index in [1.807, 2.05) is 0 Å². The Kier molecular flexibility index (Phi) is 3.55. The topological polar surface area (TPSA) is 46.2 Å². The molecule has 0 aliphatic carbocycles. The van der Waals surface area contributed by atoms with E-state index in [2.05, 4.69) is 21.2 Å². The second kappa shape index (κ2) is 5.24. The molecule has 0 saturated heterocycles. The van der Waals surface area contributed by atoms with Crippen LogP contribution in [0.1, 0.15) is 21.5 Å². The number of hydrogen-bond donors (Lipinski definition) is 1. The number of halogens is 3. The van der Waals surface area contributed by atoms with Gasteiger partial charge in [-0.1, -0.05) is 27.5 Å². The summed E-state index contributed by atoms with van der Waals surface area (Å²) in [6.07, 6.45) is 0.205. The number of fused-ring (bicyclic) bond motifs is 1. The predicted molar refractivity (Wildman–Crippen MR) is 81.3 cm³/mol. The van der Waals surface area contributed by atoms with Crippen LogP contribution in [0.25, 0.3) is 0 Å². The van der Waals surface area contributed by atoms with Crippen molar-refractivity contribution in [2.75, 3.05) is 5.32 Å². The molecular weight excluding hydrogens is 361 g/mol. The maximum absolute atomic E-state index is 13.3. The average molecular weight is 369 g/mol. The van der Waals surface area contributed by atoms with E-state index in [-0.39, 0.29) is 28.5 Å². The number of rotatable bonds is 2. The number of amides is 1. The van der Waals surface area contributed by atoms with Gasteiger partial charge < -0.3 is 5.32 Å². The number of nitrogens with one attached hydrogen (secondary N) is 1. The van der Waals surface area contributed by atoms with Crippen LogP contribution < -0.4 is 5.32 Å². The van der Waals surface area contributed by atoms with Gasteiger partial charge in [0.05, 0.1) is 11.4 Å². The third-order valence-corrected chi connectivity index (χ3v) is 4.24. The Morgan fingerprint density at radius 3 is 2.76 bits per heavy atom. The number of benzene rings is 2. The molecule has 3 rings (SSSR count). The van der Waals surface area contributed by atoms with Crippen LogP contribution in [0.4, 0.5) is 10.1 Å². The van der Waals surface area contributed by atoms with Crippen LogP contribution in [0, 0.1) is 5.82 Å². The van der Waals surface area contributed by atoms with Crippen LogP contribution in [0.15, 0.2) is 34.8 Å². The smallest absolute Gasteiger partial charge is 0.228 e. The molecule has 6 heteroatoms. The van der Waals surface area contributed by atoms with Crippen LogP contribution in [0.3, 0.4) is 0 Å². The summed E-state index contributed by atoms with van der Waals surface area (Å²) in [7, 11) is 0. The Hall–Kier alpha value is -1.72. The zero-order valence-electron chi connectivity index (χ0n) is 10.5. The van der Waals surface area contributed by atoms with Crippen LogP contribution in [-0.4, -0.2) is 11.7 Å². The van der Waals surface area contributed by atoms with E-state index >= 15 is 0 Å². The number of carbonyl (C=O) groups excluding carboxylic acids is 2. The molecule has 0 spiro atoms. The summed E-state index contributed by atoms with van der Waals surface area (Å²) < 4.78 is 13.8. The fraction of sp³-hybridized carbons (Fsp3) is 0.0667. The third-order valence-electron chi connectivity index (χ3n) is 3.24. The normalized spacial score (nSPS) is 13.0. The quantitative estimate of drug-likeness (QED) is 0.815. The summed E-state index contributed by atoms with van der Waals surface area (Å²) in [5, 5.41) is 2.88. The maximum Gasteiger partial charge on any atom is 0.228 e. The molecule has 1 aliphatic heterocycles. The van der Waals surface area contributed by atoms with Crippen LogP contribution in [-0.2, 0) is 11.2 Å². The fourth-order valence-electron chi connectivity index (χ4n) is 2.24. The first-order valence-electron chi connectivity index (χ1n) is 6.08. The van der Waals surface area contributed by atoms with Crippen molar-refractivity contribution in [3.8, 4) is 0 Å². The van der Waals surface area contributed by atoms with Gasteiger partial charge in [-0.3, -0.25) is 9.59 Å². The molecule has 1 heterocycles. The molecule has 2 aromatic carbocycles. The first-order valence-corrected chi connectivity index (χ1v) is 7.25. The van der Waals surface area contributed by atoms with Gasteiger partial charge in [-0.2, -0.15) is 0 Å². The van der Waals surface area contributed by atoms with Crippen molar-refractivity contribution >= 4 is 44.9 Å². The molecular formula is C15H8BrClFNO2.